The van der Waals surface area contributed by atoms with E-state index >= 15 is 0 Å². The van der Waals surface area contributed by atoms with Crippen LogP contribution in [0.1, 0.15) is 11.3 Å². The molecule has 0 spiro atoms. The minimum Gasteiger partial charge on any atom is -0.427 e. The summed E-state index contributed by atoms with van der Waals surface area (Å²) in [5.41, 5.74) is 1.87. The Morgan fingerprint density at radius 3 is 2.44 bits per heavy atom. The van der Waals surface area contributed by atoms with Gasteiger partial charge >= 0.3 is 6.09 Å². The van der Waals surface area contributed by atoms with Crippen LogP contribution in [0.2, 0.25) is 0 Å². The summed E-state index contributed by atoms with van der Waals surface area (Å²) in [6.45, 7) is 0. The molecule has 0 radical (unpaired) electrons. The fourth-order valence-corrected chi connectivity index (χ4v) is 1.61. The summed E-state index contributed by atoms with van der Waals surface area (Å²) in [6.07, 6.45) is 1.22. The zero-order chi connectivity index (χ0) is 11.4. The molecule has 16 heavy (non-hydrogen) atoms. The monoisotopic (exact) mass is 214 g/mol. The standard InChI is InChI=1S/C13H11NO2/c15-13(16)14-9-5-4-8-12(14)10-11-6-2-1-3-7-11/h1-9H,10H2/p+1. The zero-order valence-corrected chi connectivity index (χ0v) is 8.71. The summed E-state index contributed by atoms with van der Waals surface area (Å²) in [5, 5.41) is 9.01. The van der Waals surface area contributed by atoms with E-state index in [9.17, 15) is 4.79 Å². The smallest absolute Gasteiger partial charge is 0.427 e. The van der Waals surface area contributed by atoms with Gasteiger partial charge < -0.3 is 5.11 Å². The van der Waals surface area contributed by atoms with Crippen molar-refractivity contribution in [2.45, 2.75) is 6.42 Å². The molecule has 2 aromatic rings. The molecule has 3 nitrogen and oxygen atoms in total. The number of aromatic nitrogens is 1. The van der Waals surface area contributed by atoms with E-state index in [-0.39, 0.29) is 0 Å². The van der Waals surface area contributed by atoms with Gasteiger partial charge in [-0.2, -0.15) is 4.79 Å². The fraction of sp³-hybridized carbons (Fsp3) is 0.0769. The predicted molar refractivity (Wildman–Crippen MR) is 59.3 cm³/mol. The molecule has 0 aliphatic rings. The molecule has 0 bridgehead atoms. The highest BCUT2D eigenvalue weighted by Crippen LogP contribution is 2.05. The third kappa shape index (κ3) is 2.25. The lowest BCUT2D eigenvalue weighted by Crippen LogP contribution is -2.45. The van der Waals surface area contributed by atoms with Crippen LogP contribution >= 0.6 is 0 Å². The first-order chi connectivity index (χ1) is 7.77. The summed E-state index contributed by atoms with van der Waals surface area (Å²) in [4.78, 5) is 11.0. The Morgan fingerprint density at radius 1 is 1.06 bits per heavy atom. The first kappa shape index (κ1) is 10.4. The summed E-state index contributed by atoms with van der Waals surface area (Å²) in [6, 6.07) is 15.2. The van der Waals surface area contributed by atoms with Gasteiger partial charge in [0.05, 0.1) is 6.42 Å². The lowest BCUT2D eigenvalue weighted by Gasteiger charge is -1.99. The number of carboxylic acid groups (broad SMARTS) is 1. The fourth-order valence-electron chi connectivity index (χ4n) is 1.61. The highest BCUT2D eigenvalue weighted by Gasteiger charge is 2.17. The van der Waals surface area contributed by atoms with Gasteiger partial charge in [-0.05, 0) is 5.56 Å². The number of hydrogen-bond acceptors (Lipinski definition) is 1. The third-order valence-electron chi connectivity index (χ3n) is 2.38. The van der Waals surface area contributed by atoms with E-state index in [4.69, 9.17) is 5.11 Å². The van der Waals surface area contributed by atoms with E-state index in [1.807, 2.05) is 42.5 Å². The van der Waals surface area contributed by atoms with E-state index in [1.165, 1.54) is 4.57 Å². The zero-order valence-electron chi connectivity index (χ0n) is 8.71. The van der Waals surface area contributed by atoms with Gasteiger partial charge in [0.25, 0.3) is 0 Å². The van der Waals surface area contributed by atoms with Crippen LogP contribution in [-0.4, -0.2) is 11.2 Å². The number of pyridine rings is 1. The summed E-state index contributed by atoms with van der Waals surface area (Å²) in [5.74, 6) is 0. The van der Waals surface area contributed by atoms with Gasteiger partial charge in [0.2, 0.25) is 0 Å². The molecule has 3 heteroatoms. The van der Waals surface area contributed by atoms with Gasteiger partial charge in [-0.15, -0.1) is 0 Å². The Labute approximate surface area is 93.6 Å². The average Bonchev–Trinajstić information content (AvgIpc) is 2.31. The molecule has 1 N–H and O–H groups in total. The van der Waals surface area contributed by atoms with Crippen LogP contribution in [0.4, 0.5) is 4.79 Å². The van der Waals surface area contributed by atoms with Crippen molar-refractivity contribution in [2.75, 3.05) is 0 Å². The van der Waals surface area contributed by atoms with E-state index in [0.717, 1.165) is 11.3 Å². The third-order valence-corrected chi connectivity index (χ3v) is 2.38. The molecular formula is C13H12NO2+. The molecule has 0 aliphatic heterocycles. The van der Waals surface area contributed by atoms with Gasteiger partial charge in [-0.25, -0.2) is 0 Å². The number of carbonyl (C=O) groups is 1. The lowest BCUT2D eigenvalue weighted by molar-refractivity contribution is -0.592. The molecule has 0 fully saturated rings. The second-order valence-electron chi connectivity index (χ2n) is 3.51. The van der Waals surface area contributed by atoms with Crippen molar-refractivity contribution in [3.05, 3.63) is 66.0 Å². The van der Waals surface area contributed by atoms with Gasteiger partial charge in [-0.1, -0.05) is 41.0 Å². The van der Waals surface area contributed by atoms with Crippen LogP contribution in [0.3, 0.4) is 0 Å². The van der Waals surface area contributed by atoms with Crippen molar-refractivity contribution >= 4 is 6.09 Å². The van der Waals surface area contributed by atoms with Crippen molar-refractivity contribution in [1.82, 2.24) is 0 Å². The van der Waals surface area contributed by atoms with Gasteiger partial charge in [0.15, 0.2) is 11.9 Å². The maximum atomic E-state index is 11.0. The van der Waals surface area contributed by atoms with Crippen LogP contribution < -0.4 is 4.57 Å². The molecule has 2 rings (SSSR count). The molecule has 0 amide bonds. The minimum atomic E-state index is -0.952. The van der Waals surface area contributed by atoms with Crippen LogP contribution in [0.25, 0.3) is 0 Å². The normalized spacial score (nSPS) is 10.0. The maximum absolute atomic E-state index is 11.0. The SMILES string of the molecule is O=C(O)[n+]1ccccc1Cc1ccccc1. The van der Waals surface area contributed by atoms with Gasteiger partial charge in [-0.3, -0.25) is 0 Å². The molecule has 0 saturated carbocycles. The van der Waals surface area contributed by atoms with E-state index < -0.39 is 6.09 Å². The predicted octanol–water partition coefficient (Wildman–Crippen LogP) is 2.09. The van der Waals surface area contributed by atoms with Crippen LogP contribution in [-0.2, 0) is 6.42 Å². The molecule has 0 saturated heterocycles. The van der Waals surface area contributed by atoms with E-state index in [2.05, 4.69) is 0 Å². The Balaban J connectivity index is 2.31. The molecule has 0 unspecified atom stereocenters. The molecule has 0 aliphatic carbocycles. The van der Waals surface area contributed by atoms with Crippen molar-refractivity contribution in [3.8, 4) is 0 Å². The highest BCUT2D eigenvalue weighted by molar-refractivity contribution is 5.54. The number of benzene rings is 1. The first-order valence-corrected chi connectivity index (χ1v) is 5.04. The number of rotatable bonds is 2. The lowest BCUT2D eigenvalue weighted by atomic mass is 10.1. The number of hydrogen-bond donors (Lipinski definition) is 1. The molecule has 1 aromatic carbocycles. The highest BCUT2D eigenvalue weighted by atomic mass is 16.4. The quantitative estimate of drug-likeness (QED) is 0.778. The maximum Gasteiger partial charge on any atom is 0.599 e. The largest absolute Gasteiger partial charge is 0.599 e. The van der Waals surface area contributed by atoms with Crippen molar-refractivity contribution in [1.29, 1.82) is 0 Å². The Morgan fingerprint density at radius 2 is 1.75 bits per heavy atom. The Bertz CT molecular complexity index is 494. The second kappa shape index (κ2) is 4.57. The summed E-state index contributed by atoms with van der Waals surface area (Å²) in [7, 11) is 0. The molecule has 0 atom stereocenters. The van der Waals surface area contributed by atoms with Gasteiger partial charge in [0, 0.05) is 12.1 Å². The topological polar surface area (TPSA) is 41.2 Å². The van der Waals surface area contributed by atoms with E-state index in [1.54, 1.807) is 12.3 Å². The summed E-state index contributed by atoms with van der Waals surface area (Å²) < 4.78 is 1.24. The molecule has 1 heterocycles. The Hall–Kier alpha value is -2.16. The minimum absolute atomic E-state index is 0.619. The molecule has 80 valence electrons. The van der Waals surface area contributed by atoms with Crippen LogP contribution in [0.5, 0.6) is 0 Å². The second-order valence-corrected chi connectivity index (χ2v) is 3.51. The van der Waals surface area contributed by atoms with E-state index in [0.29, 0.717) is 6.42 Å². The molecular weight excluding hydrogens is 202 g/mol. The van der Waals surface area contributed by atoms with Crippen molar-refractivity contribution < 1.29 is 14.5 Å². The van der Waals surface area contributed by atoms with Crippen molar-refractivity contribution in [3.63, 3.8) is 0 Å². The average molecular weight is 214 g/mol. The number of nitrogens with zero attached hydrogens (tertiary/aromatic N) is 1. The summed E-state index contributed by atoms with van der Waals surface area (Å²) >= 11 is 0. The van der Waals surface area contributed by atoms with Gasteiger partial charge in [0.1, 0.15) is 0 Å². The van der Waals surface area contributed by atoms with Crippen LogP contribution in [0.15, 0.2) is 54.7 Å². The Kier molecular flexibility index (Phi) is 2.96. The molecule has 1 aromatic heterocycles. The first-order valence-electron chi connectivity index (χ1n) is 5.04. The van der Waals surface area contributed by atoms with Crippen LogP contribution in [0, 0.1) is 0 Å². The van der Waals surface area contributed by atoms with Crippen molar-refractivity contribution in [2.24, 2.45) is 0 Å².